The summed E-state index contributed by atoms with van der Waals surface area (Å²) in [6, 6.07) is 6.44. The van der Waals surface area contributed by atoms with E-state index in [9.17, 15) is 4.39 Å². The molecule has 4 heterocycles. The first-order valence-electron chi connectivity index (χ1n) is 12.1. The molecule has 3 aromatic heterocycles. The van der Waals surface area contributed by atoms with Gasteiger partial charge in [0, 0.05) is 34.9 Å². The molecule has 0 bridgehead atoms. The van der Waals surface area contributed by atoms with Crippen molar-refractivity contribution in [1.82, 2.24) is 29.7 Å². The summed E-state index contributed by atoms with van der Waals surface area (Å²) in [6.07, 6.45) is 7.18. The first-order valence-corrected chi connectivity index (χ1v) is 12.5. The fraction of sp³-hybridized carbons (Fsp3) is 0.400. The van der Waals surface area contributed by atoms with Crippen LogP contribution in [0.15, 0.2) is 36.7 Å². The van der Waals surface area contributed by atoms with E-state index in [1.165, 1.54) is 18.9 Å². The Morgan fingerprint density at radius 3 is 2.51 bits per heavy atom. The van der Waals surface area contributed by atoms with Gasteiger partial charge in [0.15, 0.2) is 5.65 Å². The standard InChI is InChI=1S/C19H15B3ClFN4O.C6H8N2/c1-8-9(2)26-18-16(25-8)15(12-4-3-11(23)6-13(12)24)27-17(28-18)10-5-14(20)29-19(21,22)7-10;1-4-7-8(5-1)6-2-3-6/h3-4,6,10,14H,5,7H2,1-2H3;1,4-6H,2-3H2. The average molecular weight is 510 g/mol. The predicted molar refractivity (Wildman–Crippen MR) is 142 cm³/mol. The molecule has 7 nitrogen and oxygen atoms in total. The van der Waals surface area contributed by atoms with Gasteiger partial charge in [0.05, 0.1) is 33.1 Å². The number of halogens is 2. The van der Waals surface area contributed by atoms with Crippen LogP contribution in [-0.4, -0.2) is 64.7 Å². The van der Waals surface area contributed by atoms with E-state index >= 15 is 0 Å². The Hall–Kier alpha value is -2.78. The minimum absolute atomic E-state index is 0.253. The maximum absolute atomic E-state index is 14.7. The first-order chi connectivity index (χ1) is 17.6. The number of hydrogen-bond donors (Lipinski definition) is 0. The lowest BCUT2D eigenvalue weighted by molar-refractivity contribution is 0.00134. The molecule has 12 heteroatoms. The highest BCUT2D eigenvalue weighted by Crippen LogP contribution is 2.37. The number of benzene rings is 1. The van der Waals surface area contributed by atoms with Gasteiger partial charge in [-0.1, -0.05) is 11.6 Å². The van der Waals surface area contributed by atoms with Crippen LogP contribution in [0.3, 0.4) is 0 Å². The van der Waals surface area contributed by atoms with Crippen molar-refractivity contribution in [3.05, 3.63) is 64.7 Å². The monoisotopic (exact) mass is 510 g/mol. The highest BCUT2D eigenvalue weighted by molar-refractivity contribution is 6.39. The van der Waals surface area contributed by atoms with Gasteiger partial charge in [0.2, 0.25) is 0 Å². The Morgan fingerprint density at radius 1 is 1.11 bits per heavy atom. The van der Waals surface area contributed by atoms with Crippen LogP contribution >= 0.6 is 11.6 Å². The van der Waals surface area contributed by atoms with Crippen LogP contribution in [0.2, 0.25) is 5.02 Å². The molecule has 1 saturated carbocycles. The van der Waals surface area contributed by atoms with Gasteiger partial charge in [-0.15, -0.1) is 0 Å². The third-order valence-corrected chi connectivity index (χ3v) is 6.65. The molecule has 2 aliphatic rings. The van der Waals surface area contributed by atoms with Gasteiger partial charge >= 0.3 is 0 Å². The van der Waals surface area contributed by atoms with Crippen molar-refractivity contribution in [3.8, 4) is 11.3 Å². The molecule has 0 spiro atoms. The van der Waals surface area contributed by atoms with Gasteiger partial charge in [0.1, 0.15) is 30.7 Å². The fourth-order valence-electron chi connectivity index (χ4n) is 4.34. The van der Waals surface area contributed by atoms with E-state index in [4.69, 9.17) is 39.9 Å². The van der Waals surface area contributed by atoms with Crippen LogP contribution in [0.5, 0.6) is 0 Å². The van der Waals surface area contributed by atoms with E-state index in [1.807, 2.05) is 37.0 Å². The van der Waals surface area contributed by atoms with Crippen molar-refractivity contribution in [2.45, 2.75) is 62.9 Å². The second-order valence-electron chi connectivity index (χ2n) is 9.59. The largest absolute Gasteiger partial charge is 0.401 e. The SMILES string of the molecule is [B]C1CC(c2nc(-c3ccc(Cl)cc3F)c3nc(C)c(C)nc3n2)CC([B])([B])O1.c1cnn(C2CC2)c1. The lowest BCUT2D eigenvalue weighted by atomic mass is 9.58. The van der Waals surface area contributed by atoms with E-state index in [-0.39, 0.29) is 22.9 Å². The van der Waals surface area contributed by atoms with Crippen LogP contribution in [-0.2, 0) is 4.74 Å². The number of fused-ring (bicyclic) bond motifs is 1. The minimum atomic E-state index is -1.40. The van der Waals surface area contributed by atoms with Crippen molar-refractivity contribution in [1.29, 1.82) is 0 Å². The molecule has 0 N–H and O–H groups in total. The van der Waals surface area contributed by atoms with Crippen LogP contribution < -0.4 is 0 Å². The number of hydrogen-bond acceptors (Lipinski definition) is 6. The second-order valence-corrected chi connectivity index (χ2v) is 10.0. The van der Waals surface area contributed by atoms with Crippen LogP contribution in [0.1, 0.15) is 54.9 Å². The van der Waals surface area contributed by atoms with Crippen molar-refractivity contribution in [2.24, 2.45) is 0 Å². The topological polar surface area (TPSA) is 78.6 Å². The highest BCUT2D eigenvalue weighted by atomic mass is 35.5. The maximum atomic E-state index is 14.7. The quantitative estimate of drug-likeness (QED) is 0.387. The molecule has 37 heavy (non-hydrogen) atoms. The predicted octanol–water partition coefficient (Wildman–Crippen LogP) is 4.09. The Balaban J connectivity index is 0.000000295. The Morgan fingerprint density at radius 2 is 1.86 bits per heavy atom. The van der Waals surface area contributed by atoms with Crippen molar-refractivity contribution in [2.75, 3.05) is 0 Å². The van der Waals surface area contributed by atoms with Crippen molar-refractivity contribution >= 4 is 46.3 Å². The number of ether oxygens (including phenoxy) is 1. The number of aromatic nitrogens is 6. The fourth-order valence-corrected chi connectivity index (χ4v) is 4.50. The summed E-state index contributed by atoms with van der Waals surface area (Å²) in [5, 5.41) is 2.98. The molecule has 1 aromatic carbocycles. The third kappa shape index (κ3) is 5.88. The van der Waals surface area contributed by atoms with E-state index < -0.39 is 17.2 Å². The maximum Gasteiger partial charge on any atom is 0.182 e. The number of aryl methyl sites for hydroxylation is 2. The van der Waals surface area contributed by atoms with Crippen LogP contribution in [0.4, 0.5) is 4.39 Å². The van der Waals surface area contributed by atoms with Gasteiger partial charge in [-0.05, 0) is 69.2 Å². The molecule has 1 aliphatic heterocycles. The number of nitrogens with zero attached hydrogens (tertiary/aromatic N) is 6. The smallest absolute Gasteiger partial charge is 0.182 e. The molecule has 0 amide bonds. The average Bonchev–Trinajstić information content (AvgIpc) is 3.52. The summed E-state index contributed by atoms with van der Waals surface area (Å²) in [6.45, 7) is 3.66. The zero-order valence-electron chi connectivity index (χ0n) is 20.6. The Bertz CT molecular complexity index is 1430. The summed E-state index contributed by atoms with van der Waals surface area (Å²) in [4.78, 5) is 18.3. The van der Waals surface area contributed by atoms with Gasteiger partial charge in [-0.3, -0.25) is 4.68 Å². The molecule has 2 unspecified atom stereocenters. The molecule has 1 saturated heterocycles. The van der Waals surface area contributed by atoms with E-state index in [1.54, 1.807) is 12.1 Å². The summed E-state index contributed by atoms with van der Waals surface area (Å²) in [7, 11) is 17.9. The highest BCUT2D eigenvalue weighted by Gasteiger charge is 2.34. The van der Waals surface area contributed by atoms with Gasteiger partial charge < -0.3 is 4.74 Å². The zero-order valence-corrected chi connectivity index (χ0v) is 21.4. The van der Waals surface area contributed by atoms with E-state index in [0.29, 0.717) is 34.8 Å². The normalized spacial score (nSPS) is 20.9. The molecule has 4 aromatic rings. The molecule has 2 atom stereocenters. The van der Waals surface area contributed by atoms with Crippen molar-refractivity contribution < 1.29 is 9.13 Å². The lowest BCUT2D eigenvalue weighted by Crippen LogP contribution is -2.45. The van der Waals surface area contributed by atoms with Gasteiger partial charge in [-0.25, -0.2) is 24.3 Å². The van der Waals surface area contributed by atoms with Crippen LogP contribution in [0.25, 0.3) is 22.4 Å². The molecule has 6 radical (unpaired) electrons. The minimum Gasteiger partial charge on any atom is -0.401 e. The molecule has 6 rings (SSSR count). The lowest BCUT2D eigenvalue weighted by Gasteiger charge is -2.40. The molecular formula is C25H23B3ClFN6O. The third-order valence-electron chi connectivity index (χ3n) is 6.41. The van der Waals surface area contributed by atoms with Crippen LogP contribution in [0, 0.1) is 19.7 Å². The van der Waals surface area contributed by atoms with E-state index in [2.05, 4.69) is 25.0 Å². The first kappa shape index (κ1) is 25.9. The zero-order chi connectivity index (χ0) is 26.3. The second kappa shape index (κ2) is 10.2. The molecular weight excluding hydrogens is 487 g/mol. The van der Waals surface area contributed by atoms with Crippen molar-refractivity contribution in [3.63, 3.8) is 0 Å². The summed E-state index contributed by atoms with van der Waals surface area (Å²) in [5.74, 6) is -0.381. The van der Waals surface area contributed by atoms with Gasteiger partial charge in [-0.2, -0.15) is 5.10 Å². The molecule has 1 aliphatic carbocycles. The molecule has 2 fully saturated rings. The Labute approximate surface area is 223 Å². The number of rotatable bonds is 3. The molecule has 182 valence electrons. The summed E-state index contributed by atoms with van der Waals surface area (Å²) in [5.41, 5.74) is 2.78. The summed E-state index contributed by atoms with van der Waals surface area (Å²) >= 11 is 5.91. The van der Waals surface area contributed by atoms with Gasteiger partial charge in [0.25, 0.3) is 0 Å². The summed E-state index contributed by atoms with van der Waals surface area (Å²) < 4.78 is 22.1. The Kier molecular flexibility index (Phi) is 7.11. The van der Waals surface area contributed by atoms with E-state index in [0.717, 1.165) is 11.7 Å².